The van der Waals surface area contributed by atoms with Gasteiger partial charge in [-0.1, -0.05) is 18.2 Å². The summed E-state index contributed by atoms with van der Waals surface area (Å²) in [7, 11) is 0. The number of piperazine rings is 1. The summed E-state index contributed by atoms with van der Waals surface area (Å²) < 4.78 is 2.03. The Morgan fingerprint density at radius 1 is 1.04 bits per heavy atom. The maximum Gasteiger partial charge on any atom is 0.251 e. The molecule has 0 radical (unpaired) electrons. The van der Waals surface area contributed by atoms with Gasteiger partial charge in [0.25, 0.3) is 5.91 Å². The lowest BCUT2D eigenvalue weighted by Gasteiger charge is -2.34. The van der Waals surface area contributed by atoms with Crippen LogP contribution in [0.25, 0.3) is 0 Å². The largest absolute Gasteiger partial charge is 0.343 e. The fourth-order valence-electron chi connectivity index (χ4n) is 3.32. The molecule has 0 spiro atoms. The molecule has 0 bridgehead atoms. The van der Waals surface area contributed by atoms with Gasteiger partial charge in [-0.25, -0.2) is 0 Å². The summed E-state index contributed by atoms with van der Waals surface area (Å²) in [4.78, 5) is 28.6. The Bertz CT molecular complexity index is 779. The number of nitrogens with one attached hydrogen (secondary N) is 1. The summed E-state index contributed by atoms with van der Waals surface area (Å²) in [6, 6.07) is 11.0. The van der Waals surface area contributed by atoms with E-state index >= 15 is 0 Å². The van der Waals surface area contributed by atoms with Crippen molar-refractivity contribution >= 4 is 11.8 Å². The van der Waals surface area contributed by atoms with Gasteiger partial charge in [0.2, 0.25) is 5.91 Å². The molecular weight excluding hydrogens is 342 g/mol. The van der Waals surface area contributed by atoms with Gasteiger partial charge in [-0.2, -0.15) is 5.10 Å². The lowest BCUT2D eigenvalue weighted by atomic mass is 10.2. The van der Waals surface area contributed by atoms with Crippen molar-refractivity contribution in [3.8, 4) is 0 Å². The number of aromatic nitrogens is 2. The van der Waals surface area contributed by atoms with E-state index in [0.717, 1.165) is 31.9 Å². The van der Waals surface area contributed by atoms with Crippen molar-refractivity contribution in [2.24, 2.45) is 0 Å². The minimum Gasteiger partial charge on any atom is -0.343 e. The molecule has 1 aliphatic rings. The number of hydrogen-bond donors (Lipinski definition) is 1. The third kappa shape index (κ3) is 5.17. The topological polar surface area (TPSA) is 70.5 Å². The van der Waals surface area contributed by atoms with Gasteiger partial charge in [-0.05, 0) is 32.0 Å². The molecule has 27 heavy (non-hydrogen) atoms. The van der Waals surface area contributed by atoms with Crippen molar-refractivity contribution in [2.75, 3.05) is 39.3 Å². The zero-order valence-corrected chi connectivity index (χ0v) is 16.0. The molecule has 0 unspecified atom stereocenters. The van der Waals surface area contributed by atoms with Crippen LogP contribution in [0, 0.1) is 13.8 Å². The summed E-state index contributed by atoms with van der Waals surface area (Å²) in [5.74, 6) is -0.245. The molecule has 7 nitrogen and oxygen atoms in total. The van der Waals surface area contributed by atoms with Gasteiger partial charge in [0.1, 0.15) is 0 Å². The highest BCUT2D eigenvalue weighted by Crippen LogP contribution is 2.05. The smallest absolute Gasteiger partial charge is 0.251 e. The molecule has 7 heteroatoms. The highest BCUT2D eigenvalue weighted by atomic mass is 16.2. The molecule has 0 aliphatic carbocycles. The van der Waals surface area contributed by atoms with Gasteiger partial charge in [0.05, 0.1) is 18.8 Å². The van der Waals surface area contributed by atoms with Crippen LogP contribution in [-0.4, -0.2) is 70.7 Å². The Balaban J connectivity index is 1.39. The number of nitrogens with zero attached hydrogens (tertiary/aromatic N) is 4. The fourth-order valence-corrected chi connectivity index (χ4v) is 3.32. The molecular formula is C20H27N5O2. The van der Waals surface area contributed by atoms with Crippen LogP contribution in [0.3, 0.4) is 0 Å². The molecule has 1 aromatic heterocycles. The third-order valence-corrected chi connectivity index (χ3v) is 4.89. The van der Waals surface area contributed by atoms with Crippen LogP contribution in [0.15, 0.2) is 36.4 Å². The molecule has 144 valence electrons. The first-order valence-electron chi connectivity index (χ1n) is 9.37. The van der Waals surface area contributed by atoms with E-state index in [1.54, 1.807) is 12.1 Å². The first kappa shape index (κ1) is 19.1. The van der Waals surface area contributed by atoms with Crippen LogP contribution in [-0.2, 0) is 11.3 Å². The van der Waals surface area contributed by atoms with Gasteiger partial charge in [-0.15, -0.1) is 0 Å². The van der Waals surface area contributed by atoms with Crippen LogP contribution in [0.5, 0.6) is 0 Å². The zero-order chi connectivity index (χ0) is 19.2. The summed E-state index contributed by atoms with van der Waals surface area (Å²) >= 11 is 0. The van der Waals surface area contributed by atoms with E-state index in [-0.39, 0.29) is 18.4 Å². The average molecular weight is 369 g/mol. The van der Waals surface area contributed by atoms with Gasteiger partial charge >= 0.3 is 0 Å². The molecule has 0 atom stereocenters. The second kappa shape index (κ2) is 8.81. The predicted octanol–water partition coefficient (Wildman–Crippen LogP) is 1.07. The minimum atomic E-state index is -0.215. The Labute approximate surface area is 159 Å². The maximum absolute atomic E-state index is 12.3. The second-order valence-electron chi connectivity index (χ2n) is 6.92. The normalized spacial score (nSPS) is 15.0. The molecule has 1 N–H and O–H groups in total. The number of carbonyl (C=O) groups is 2. The SMILES string of the molecule is Cc1cc(C)n(CCN2CCN(C(=O)CNC(=O)c3ccccc3)CC2)n1. The maximum atomic E-state index is 12.3. The number of benzene rings is 1. The number of carbonyl (C=O) groups excluding carboxylic acids is 2. The van der Waals surface area contributed by atoms with Crippen LogP contribution in [0.1, 0.15) is 21.7 Å². The fraction of sp³-hybridized carbons (Fsp3) is 0.450. The van der Waals surface area contributed by atoms with E-state index in [9.17, 15) is 9.59 Å². The summed E-state index contributed by atoms with van der Waals surface area (Å²) in [6.07, 6.45) is 0. The van der Waals surface area contributed by atoms with Crippen molar-refractivity contribution in [1.29, 1.82) is 0 Å². The standard InChI is InChI=1S/C20H27N5O2/c1-16-14-17(2)25(22-16)13-10-23-8-11-24(12-9-23)19(26)15-21-20(27)18-6-4-3-5-7-18/h3-7,14H,8-13,15H2,1-2H3,(H,21,27). The molecule has 0 saturated carbocycles. The zero-order valence-electron chi connectivity index (χ0n) is 16.0. The van der Waals surface area contributed by atoms with Crippen molar-refractivity contribution < 1.29 is 9.59 Å². The van der Waals surface area contributed by atoms with Crippen LogP contribution in [0.2, 0.25) is 0 Å². The first-order valence-corrected chi connectivity index (χ1v) is 9.37. The van der Waals surface area contributed by atoms with Gasteiger partial charge in [0.15, 0.2) is 0 Å². The monoisotopic (exact) mass is 369 g/mol. The minimum absolute atomic E-state index is 0.0301. The van der Waals surface area contributed by atoms with Gasteiger partial charge in [0, 0.05) is 44.0 Å². The quantitative estimate of drug-likeness (QED) is 0.827. The van der Waals surface area contributed by atoms with Crippen LogP contribution in [0.4, 0.5) is 0 Å². The highest BCUT2D eigenvalue weighted by Gasteiger charge is 2.21. The van der Waals surface area contributed by atoms with E-state index in [1.807, 2.05) is 34.7 Å². The van der Waals surface area contributed by atoms with E-state index in [4.69, 9.17) is 0 Å². The molecule has 1 aliphatic heterocycles. The Kier molecular flexibility index (Phi) is 6.24. The number of aryl methyl sites for hydroxylation is 2. The predicted molar refractivity (Wildman–Crippen MR) is 103 cm³/mol. The van der Waals surface area contributed by atoms with Crippen molar-refractivity contribution in [2.45, 2.75) is 20.4 Å². The first-order chi connectivity index (χ1) is 13.0. The van der Waals surface area contributed by atoms with Crippen molar-refractivity contribution in [1.82, 2.24) is 24.9 Å². The number of hydrogen-bond acceptors (Lipinski definition) is 4. The molecule has 1 saturated heterocycles. The second-order valence-corrected chi connectivity index (χ2v) is 6.92. The molecule has 1 fully saturated rings. The number of rotatable bonds is 6. The van der Waals surface area contributed by atoms with Crippen molar-refractivity contribution in [3.05, 3.63) is 53.3 Å². The molecule has 1 aromatic carbocycles. The molecule has 2 amide bonds. The van der Waals surface area contributed by atoms with E-state index in [1.165, 1.54) is 5.69 Å². The van der Waals surface area contributed by atoms with Crippen LogP contribution < -0.4 is 5.32 Å². The Hall–Kier alpha value is -2.67. The lowest BCUT2D eigenvalue weighted by molar-refractivity contribution is -0.131. The van der Waals surface area contributed by atoms with Gasteiger partial charge < -0.3 is 10.2 Å². The summed E-state index contributed by atoms with van der Waals surface area (Å²) in [6.45, 7) is 8.98. The average Bonchev–Trinajstić information content (AvgIpc) is 3.02. The van der Waals surface area contributed by atoms with Crippen LogP contribution >= 0.6 is 0 Å². The molecule has 2 heterocycles. The van der Waals surface area contributed by atoms with E-state index in [0.29, 0.717) is 18.7 Å². The molecule has 2 aromatic rings. The van der Waals surface area contributed by atoms with E-state index < -0.39 is 0 Å². The molecule has 3 rings (SSSR count). The summed E-state index contributed by atoms with van der Waals surface area (Å²) in [5, 5.41) is 7.20. The van der Waals surface area contributed by atoms with Gasteiger partial charge in [-0.3, -0.25) is 19.2 Å². The van der Waals surface area contributed by atoms with Crippen molar-refractivity contribution in [3.63, 3.8) is 0 Å². The lowest BCUT2D eigenvalue weighted by Crippen LogP contribution is -2.51. The Morgan fingerprint density at radius 2 is 1.74 bits per heavy atom. The number of amides is 2. The highest BCUT2D eigenvalue weighted by molar-refractivity contribution is 5.96. The van der Waals surface area contributed by atoms with E-state index in [2.05, 4.69) is 28.3 Å². The summed E-state index contributed by atoms with van der Waals surface area (Å²) in [5.41, 5.74) is 2.79. The third-order valence-electron chi connectivity index (χ3n) is 4.89. The Morgan fingerprint density at radius 3 is 2.37 bits per heavy atom.